The van der Waals surface area contributed by atoms with Crippen LogP contribution in [0.3, 0.4) is 0 Å². The van der Waals surface area contributed by atoms with Crippen LogP contribution in [0.1, 0.15) is 46.4 Å². The summed E-state index contributed by atoms with van der Waals surface area (Å²) in [4.78, 5) is 25.4. The van der Waals surface area contributed by atoms with E-state index in [9.17, 15) is 9.59 Å². The molecule has 0 atom stereocenters. The predicted molar refractivity (Wildman–Crippen MR) is 76.5 cm³/mol. The number of rotatable bonds is 2. The van der Waals surface area contributed by atoms with Crippen molar-refractivity contribution in [3.05, 3.63) is 35.4 Å². The fourth-order valence-corrected chi connectivity index (χ4v) is 3.31. The molecular formula is C16H19NO4. The zero-order valence-corrected chi connectivity index (χ0v) is 11.9. The number of benzene rings is 1. The highest BCUT2D eigenvalue weighted by molar-refractivity contribution is 5.97. The number of carboxylic acid groups (broad SMARTS) is 1. The molecule has 112 valence electrons. The van der Waals surface area contributed by atoms with Crippen LogP contribution in [0.4, 0.5) is 0 Å². The van der Waals surface area contributed by atoms with Crippen molar-refractivity contribution < 1.29 is 19.4 Å². The number of hydrogen-bond acceptors (Lipinski definition) is 3. The highest BCUT2D eigenvalue weighted by Gasteiger charge is 2.40. The summed E-state index contributed by atoms with van der Waals surface area (Å²) in [5, 5.41) is 9.02. The molecule has 5 heteroatoms. The zero-order chi connectivity index (χ0) is 14.9. The maximum absolute atomic E-state index is 12.6. The molecule has 1 N–H and O–H groups in total. The average Bonchev–Trinajstić information content (AvgIpc) is 2.94. The molecule has 1 saturated carbocycles. The summed E-state index contributed by atoms with van der Waals surface area (Å²) in [5.41, 5.74) is 0.410. The minimum atomic E-state index is -1.01. The number of carbonyl (C=O) groups excluding carboxylic acids is 1. The standard InChI is InChI=1S/C16H19NO4/c18-14(12-4-3-5-13(10-12)15(19)20)17-8-9-21-16(11-17)6-1-2-7-16/h3-5,10H,1-2,6-9,11H2,(H,19,20). The largest absolute Gasteiger partial charge is 0.478 e. The molecule has 1 aliphatic carbocycles. The molecule has 2 fully saturated rings. The van der Waals surface area contributed by atoms with Crippen molar-refractivity contribution in [1.82, 2.24) is 4.90 Å². The lowest BCUT2D eigenvalue weighted by atomic mass is 9.99. The van der Waals surface area contributed by atoms with Gasteiger partial charge in [0.2, 0.25) is 0 Å². The normalized spacial score (nSPS) is 20.7. The van der Waals surface area contributed by atoms with Gasteiger partial charge < -0.3 is 14.7 Å². The minimum absolute atomic E-state index is 0.104. The number of nitrogens with zero attached hydrogens (tertiary/aromatic N) is 1. The van der Waals surface area contributed by atoms with Crippen molar-refractivity contribution in [2.24, 2.45) is 0 Å². The van der Waals surface area contributed by atoms with Gasteiger partial charge in [0.1, 0.15) is 0 Å². The maximum atomic E-state index is 12.6. The van der Waals surface area contributed by atoms with E-state index in [2.05, 4.69) is 0 Å². The topological polar surface area (TPSA) is 66.8 Å². The predicted octanol–water partition coefficient (Wildman–Crippen LogP) is 2.17. The van der Waals surface area contributed by atoms with Crippen LogP contribution in [0, 0.1) is 0 Å². The third-order valence-corrected chi connectivity index (χ3v) is 4.41. The van der Waals surface area contributed by atoms with Crippen molar-refractivity contribution in [1.29, 1.82) is 0 Å². The molecule has 1 aliphatic heterocycles. The van der Waals surface area contributed by atoms with Gasteiger partial charge in [0.05, 0.1) is 24.3 Å². The van der Waals surface area contributed by atoms with Gasteiger partial charge in [0.15, 0.2) is 0 Å². The molecule has 0 radical (unpaired) electrons. The smallest absolute Gasteiger partial charge is 0.335 e. The Labute approximate surface area is 123 Å². The van der Waals surface area contributed by atoms with E-state index in [4.69, 9.17) is 9.84 Å². The zero-order valence-electron chi connectivity index (χ0n) is 11.9. The Hall–Kier alpha value is -1.88. The molecule has 1 aromatic carbocycles. The second kappa shape index (κ2) is 5.48. The van der Waals surface area contributed by atoms with Gasteiger partial charge in [-0.25, -0.2) is 4.79 Å². The molecule has 1 aromatic rings. The number of aromatic carboxylic acids is 1. The van der Waals surface area contributed by atoms with E-state index in [1.807, 2.05) is 0 Å². The van der Waals surface area contributed by atoms with Crippen LogP contribution in [-0.4, -0.2) is 47.2 Å². The van der Waals surface area contributed by atoms with Crippen molar-refractivity contribution in [3.63, 3.8) is 0 Å². The first kappa shape index (κ1) is 14.1. The Morgan fingerprint density at radius 2 is 1.90 bits per heavy atom. The molecule has 5 nitrogen and oxygen atoms in total. The van der Waals surface area contributed by atoms with Crippen LogP contribution >= 0.6 is 0 Å². The second-order valence-corrected chi connectivity index (χ2v) is 5.85. The summed E-state index contributed by atoms with van der Waals surface area (Å²) in [5.74, 6) is -1.12. The molecule has 1 saturated heterocycles. The van der Waals surface area contributed by atoms with Crippen LogP contribution in [0.25, 0.3) is 0 Å². The lowest BCUT2D eigenvalue weighted by Gasteiger charge is -2.40. The highest BCUT2D eigenvalue weighted by Crippen LogP contribution is 2.36. The summed E-state index contributed by atoms with van der Waals surface area (Å²) >= 11 is 0. The lowest BCUT2D eigenvalue weighted by Crippen LogP contribution is -2.52. The number of morpholine rings is 1. The Balaban J connectivity index is 1.78. The maximum Gasteiger partial charge on any atom is 0.335 e. The monoisotopic (exact) mass is 289 g/mol. The van der Waals surface area contributed by atoms with Crippen LogP contribution < -0.4 is 0 Å². The third kappa shape index (κ3) is 2.78. The SMILES string of the molecule is O=C(O)c1cccc(C(=O)N2CCOC3(CCCC3)C2)c1. The van der Waals surface area contributed by atoms with Gasteiger partial charge in [-0.05, 0) is 31.0 Å². The summed E-state index contributed by atoms with van der Waals surface area (Å²) in [6.45, 7) is 1.74. The molecule has 0 unspecified atom stereocenters. The van der Waals surface area contributed by atoms with E-state index in [0.29, 0.717) is 25.3 Å². The van der Waals surface area contributed by atoms with E-state index in [1.165, 1.54) is 12.1 Å². The summed E-state index contributed by atoms with van der Waals surface area (Å²) in [6.07, 6.45) is 4.31. The van der Waals surface area contributed by atoms with Gasteiger partial charge >= 0.3 is 5.97 Å². The van der Waals surface area contributed by atoms with Gasteiger partial charge in [-0.3, -0.25) is 4.79 Å². The first-order valence-electron chi connectivity index (χ1n) is 7.36. The molecule has 0 aromatic heterocycles. The second-order valence-electron chi connectivity index (χ2n) is 5.85. The first-order chi connectivity index (χ1) is 10.1. The van der Waals surface area contributed by atoms with Crippen LogP contribution in [0.15, 0.2) is 24.3 Å². The van der Waals surface area contributed by atoms with Crippen LogP contribution in [0.5, 0.6) is 0 Å². The Morgan fingerprint density at radius 1 is 1.19 bits per heavy atom. The summed E-state index contributed by atoms with van der Waals surface area (Å²) in [6, 6.07) is 6.23. The van der Waals surface area contributed by atoms with E-state index >= 15 is 0 Å². The summed E-state index contributed by atoms with van der Waals surface area (Å²) < 4.78 is 5.92. The van der Waals surface area contributed by atoms with E-state index in [0.717, 1.165) is 25.7 Å². The van der Waals surface area contributed by atoms with Gasteiger partial charge in [-0.1, -0.05) is 18.9 Å². The molecule has 3 rings (SSSR count). The van der Waals surface area contributed by atoms with Crippen molar-refractivity contribution in [2.45, 2.75) is 31.3 Å². The molecule has 21 heavy (non-hydrogen) atoms. The molecule has 2 aliphatic rings. The van der Waals surface area contributed by atoms with Crippen molar-refractivity contribution in [2.75, 3.05) is 19.7 Å². The Bertz CT molecular complexity index is 563. The molecule has 1 heterocycles. The Morgan fingerprint density at radius 3 is 2.62 bits per heavy atom. The van der Waals surface area contributed by atoms with E-state index < -0.39 is 5.97 Å². The number of ether oxygens (including phenoxy) is 1. The third-order valence-electron chi connectivity index (χ3n) is 4.41. The van der Waals surface area contributed by atoms with Gasteiger partial charge in [-0.15, -0.1) is 0 Å². The minimum Gasteiger partial charge on any atom is -0.478 e. The molecule has 0 bridgehead atoms. The number of amides is 1. The van der Waals surface area contributed by atoms with E-state index in [1.54, 1.807) is 17.0 Å². The number of carbonyl (C=O) groups is 2. The molecular weight excluding hydrogens is 270 g/mol. The first-order valence-corrected chi connectivity index (χ1v) is 7.36. The van der Waals surface area contributed by atoms with Crippen molar-refractivity contribution in [3.8, 4) is 0 Å². The number of carboxylic acids is 1. The van der Waals surface area contributed by atoms with E-state index in [-0.39, 0.29) is 17.1 Å². The van der Waals surface area contributed by atoms with Crippen LogP contribution in [0.2, 0.25) is 0 Å². The van der Waals surface area contributed by atoms with Gasteiger partial charge in [-0.2, -0.15) is 0 Å². The lowest BCUT2D eigenvalue weighted by molar-refractivity contribution is -0.0948. The van der Waals surface area contributed by atoms with Gasteiger partial charge in [0.25, 0.3) is 5.91 Å². The Kier molecular flexibility index (Phi) is 3.68. The quantitative estimate of drug-likeness (QED) is 0.906. The van der Waals surface area contributed by atoms with Gasteiger partial charge in [0, 0.05) is 12.1 Å². The molecule has 1 amide bonds. The van der Waals surface area contributed by atoms with Crippen molar-refractivity contribution >= 4 is 11.9 Å². The van der Waals surface area contributed by atoms with Crippen LogP contribution in [-0.2, 0) is 4.74 Å². The fraction of sp³-hybridized carbons (Fsp3) is 0.500. The number of hydrogen-bond donors (Lipinski definition) is 1. The summed E-state index contributed by atoms with van der Waals surface area (Å²) in [7, 11) is 0. The average molecular weight is 289 g/mol. The fourth-order valence-electron chi connectivity index (χ4n) is 3.31. The highest BCUT2D eigenvalue weighted by atomic mass is 16.5. The molecule has 1 spiro atoms.